The molecule has 0 radical (unpaired) electrons. The van der Waals surface area contributed by atoms with Crippen LogP contribution in [0, 0.1) is 11.3 Å². The highest BCUT2D eigenvalue weighted by Crippen LogP contribution is 2.35. The van der Waals surface area contributed by atoms with Crippen LogP contribution in [0.3, 0.4) is 0 Å². The summed E-state index contributed by atoms with van der Waals surface area (Å²) in [6.07, 6.45) is 4.75. The largest absolute Gasteiger partial charge is 0.457 e. The number of likely N-dealkylation sites (N-methyl/N-ethyl adjacent to an activating group) is 1. The number of anilines is 1. The van der Waals surface area contributed by atoms with E-state index in [9.17, 15) is 10.1 Å². The molecule has 0 unspecified atom stereocenters. The van der Waals surface area contributed by atoms with Gasteiger partial charge in [-0.2, -0.15) is 10.4 Å². The van der Waals surface area contributed by atoms with Crippen molar-refractivity contribution in [2.24, 2.45) is 0 Å². The average molecular weight is 551 g/mol. The number of carbonyl (C=O) groups is 1. The van der Waals surface area contributed by atoms with Crippen LogP contribution in [0.1, 0.15) is 32.7 Å². The first kappa shape index (κ1) is 27.8. The van der Waals surface area contributed by atoms with Gasteiger partial charge in [-0.3, -0.25) is 4.79 Å². The highest BCUT2D eigenvalue weighted by Gasteiger charge is 2.31. The Morgan fingerprint density at radius 2 is 1.83 bits per heavy atom. The van der Waals surface area contributed by atoms with Gasteiger partial charge in [0.2, 0.25) is 0 Å². The van der Waals surface area contributed by atoms with Crippen LogP contribution in [0.4, 0.5) is 5.82 Å². The molecule has 0 spiro atoms. The number of fused-ring (bicyclic) bond motifs is 1. The van der Waals surface area contributed by atoms with E-state index in [0.29, 0.717) is 41.4 Å². The van der Waals surface area contributed by atoms with E-state index in [1.54, 1.807) is 11.0 Å². The van der Waals surface area contributed by atoms with Crippen LogP contribution in [0.2, 0.25) is 0 Å². The summed E-state index contributed by atoms with van der Waals surface area (Å²) in [7, 11) is 3.84. The Hall–Kier alpha value is -4.75. The molecule has 1 fully saturated rings. The first-order chi connectivity index (χ1) is 19.7. The molecule has 1 amide bonds. The first-order valence-corrected chi connectivity index (χ1v) is 13.6. The van der Waals surface area contributed by atoms with Crippen molar-refractivity contribution >= 4 is 22.8 Å². The van der Waals surface area contributed by atoms with Gasteiger partial charge < -0.3 is 20.3 Å². The van der Waals surface area contributed by atoms with Gasteiger partial charge >= 0.3 is 0 Å². The van der Waals surface area contributed by atoms with Crippen molar-refractivity contribution < 1.29 is 9.53 Å². The summed E-state index contributed by atoms with van der Waals surface area (Å²) in [6.45, 7) is 4.92. The van der Waals surface area contributed by atoms with Gasteiger partial charge in [0.1, 0.15) is 41.0 Å². The Labute approximate surface area is 239 Å². The maximum atomic E-state index is 13.4. The molecule has 0 aliphatic carbocycles. The number of likely N-dealkylation sites (tertiary alicyclic amines) is 1. The number of carbonyl (C=O) groups excluding carboxylic acids is 1. The highest BCUT2D eigenvalue weighted by atomic mass is 16.5. The van der Waals surface area contributed by atoms with Crippen LogP contribution in [0.25, 0.3) is 22.3 Å². The lowest BCUT2D eigenvalue weighted by atomic mass is 9.98. The molecule has 2 aromatic heterocycles. The zero-order chi connectivity index (χ0) is 29.1. The van der Waals surface area contributed by atoms with Gasteiger partial charge in [-0.25, -0.2) is 14.6 Å². The zero-order valence-corrected chi connectivity index (χ0v) is 23.8. The van der Waals surface area contributed by atoms with E-state index < -0.39 is 5.54 Å². The van der Waals surface area contributed by atoms with E-state index >= 15 is 0 Å². The molecule has 1 atom stereocenters. The fourth-order valence-corrected chi connectivity index (χ4v) is 4.89. The van der Waals surface area contributed by atoms with E-state index in [1.165, 1.54) is 6.33 Å². The molecular weight excluding hydrogens is 516 g/mol. The van der Waals surface area contributed by atoms with Crippen LogP contribution >= 0.6 is 0 Å². The molecule has 4 aromatic rings. The monoisotopic (exact) mass is 550 g/mol. The Morgan fingerprint density at radius 3 is 2.51 bits per heavy atom. The van der Waals surface area contributed by atoms with E-state index in [1.807, 2.05) is 92.1 Å². The summed E-state index contributed by atoms with van der Waals surface area (Å²) in [4.78, 5) is 25.9. The van der Waals surface area contributed by atoms with Crippen molar-refractivity contribution in [1.29, 1.82) is 5.26 Å². The van der Waals surface area contributed by atoms with Crippen molar-refractivity contribution in [3.05, 3.63) is 72.6 Å². The molecule has 210 valence electrons. The number of nitrogens with two attached hydrogens (primary N) is 1. The SMILES string of the molecule is CN(C)C(C)(C)/C=C(\C#N)C(=O)N1CCC[C@@H](n2nc(-c3ccc(Oc4ccccc4)cc3)c3c(N)ncnc32)C1. The number of nitrogens with zero attached hydrogens (tertiary/aromatic N) is 7. The zero-order valence-electron chi connectivity index (χ0n) is 23.8. The predicted octanol–water partition coefficient (Wildman–Crippen LogP) is 4.82. The number of rotatable bonds is 7. The average Bonchev–Trinajstić information content (AvgIpc) is 3.37. The molecule has 2 N–H and O–H groups in total. The third kappa shape index (κ3) is 5.76. The molecule has 1 aliphatic heterocycles. The molecule has 41 heavy (non-hydrogen) atoms. The van der Waals surface area contributed by atoms with Crippen molar-refractivity contribution in [3.8, 4) is 28.8 Å². The number of hydrogen-bond donors (Lipinski definition) is 1. The predicted molar refractivity (Wildman–Crippen MR) is 158 cm³/mol. The molecule has 0 bridgehead atoms. The summed E-state index contributed by atoms with van der Waals surface area (Å²) in [5.74, 6) is 1.52. The molecule has 5 rings (SSSR count). The van der Waals surface area contributed by atoms with Crippen molar-refractivity contribution in [2.75, 3.05) is 32.9 Å². The van der Waals surface area contributed by atoms with Gasteiger partial charge in [0.05, 0.1) is 11.4 Å². The number of piperidine rings is 1. The maximum absolute atomic E-state index is 13.4. The Bertz CT molecular complexity index is 1620. The number of ether oxygens (including phenoxy) is 1. The maximum Gasteiger partial charge on any atom is 0.264 e. The molecule has 10 nitrogen and oxygen atoms in total. The minimum atomic E-state index is -0.445. The molecule has 1 saturated heterocycles. The molecule has 3 heterocycles. The number of para-hydroxylation sites is 1. The Morgan fingerprint density at radius 1 is 1.12 bits per heavy atom. The summed E-state index contributed by atoms with van der Waals surface area (Å²) >= 11 is 0. The molecule has 2 aromatic carbocycles. The van der Waals surface area contributed by atoms with E-state index in [0.717, 1.165) is 24.2 Å². The number of aromatic nitrogens is 4. The molecule has 1 aliphatic rings. The smallest absolute Gasteiger partial charge is 0.264 e. The second-order valence-electron chi connectivity index (χ2n) is 11.0. The lowest BCUT2D eigenvalue weighted by Gasteiger charge is -2.34. The number of nitriles is 1. The summed E-state index contributed by atoms with van der Waals surface area (Å²) in [5, 5.41) is 15.4. The standard InChI is InChI=1S/C31H34N8O2/c1-31(2,37(3)4)17-22(18-32)30(40)38-16-8-9-23(19-38)39-29-26(28(33)34-20-35-29)27(36-39)21-12-14-25(15-13-21)41-24-10-6-5-7-11-24/h5-7,10-15,17,20,23H,8-9,16,19H2,1-4H3,(H2,33,34,35)/b22-17+/t23-/m1/s1. The normalized spacial score (nSPS) is 16.1. The van der Waals surface area contributed by atoms with Gasteiger partial charge in [-0.1, -0.05) is 18.2 Å². The first-order valence-electron chi connectivity index (χ1n) is 13.6. The second kappa shape index (κ2) is 11.4. The lowest BCUT2D eigenvalue weighted by molar-refractivity contribution is -0.128. The van der Waals surface area contributed by atoms with Gasteiger partial charge in [0, 0.05) is 24.2 Å². The van der Waals surface area contributed by atoms with Gasteiger partial charge in [-0.05, 0) is 83.3 Å². The molecular formula is C31H34N8O2. The minimum absolute atomic E-state index is 0.138. The quantitative estimate of drug-likeness (QED) is 0.256. The Kier molecular flexibility index (Phi) is 7.72. The summed E-state index contributed by atoms with van der Waals surface area (Å²) in [6, 6.07) is 19.2. The lowest BCUT2D eigenvalue weighted by Crippen LogP contribution is -2.43. The third-order valence-corrected chi connectivity index (χ3v) is 7.66. The van der Waals surface area contributed by atoms with Crippen LogP contribution in [0.15, 0.2) is 72.6 Å². The van der Waals surface area contributed by atoms with Gasteiger partial charge in [0.15, 0.2) is 5.65 Å². The topological polar surface area (TPSA) is 126 Å². The number of hydrogen-bond acceptors (Lipinski definition) is 8. The number of nitrogen functional groups attached to an aromatic ring is 1. The van der Waals surface area contributed by atoms with Crippen LogP contribution < -0.4 is 10.5 Å². The summed E-state index contributed by atoms with van der Waals surface area (Å²) in [5.41, 5.74) is 8.16. The van der Waals surface area contributed by atoms with E-state index in [4.69, 9.17) is 15.6 Å². The fourth-order valence-electron chi connectivity index (χ4n) is 4.89. The molecule has 0 saturated carbocycles. The fraction of sp³-hybridized carbons (Fsp3) is 0.323. The van der Waals surface area contributed by atoms with Crippen molar-refractivity contribution in [2.45, 2.75) is 38.3 Å². The van der Waals surface area contributed by atoms with E-state index in [-0.39, 0.29) is 17.5 Å². The summed E-state index contributed by atoms with van der Waals surface area (Å²) < 4.78 is 7.80. The highest BCUT2D eigenvalue weighted by molar-refractivity contribution is 5.99. The van der Waals surface area contributed by atoms with E-state index in [2.05, 4.69) is 16.0 Å². The van der Waals surface area contributed by atoms with Crippen LogP contribution in [-0.2, 0) is 4.79 Å². The minimum Gasteiger partial charge on any atom is -0.457 e. The third-order valence-electron chi connectivity index (χ3n) is 7.66. The second-order valence-corrected chi connectivity index (χ2v) is 11.0. The number of benzene rings is 2. The van der Waals surface area contributed by atoms with Gasteiger partial charge in [0.25, 0.3) is 5.91 Å². The van der Waals surface area contributed by atoms with Crippen LogP contribution in [-0.4, -0.2) is 68.2 Å². The van der Waals surface area contributed by atoms with Crippen molar-refractivity contribution in [3.63, 3.8) is 0 Å². The van der Waals surface area contributed by atoms with Crippen molar-refractivity contribution in [1.82, 2.24) is 29.5 Å². The van der Waals surface area contributed by atoms with Gasteiger partial charge in [-0.15, -0.1) is 0 Å². The number of amides is 1. The van der Waals surface area contributed by atoms with Crippen LogP contribution in [0.5, 0.6) is 11.5 Å². The molecule has 10 heteroatoms. The Balaban J connectivity index is 1.44.